The van der Waals surface area contributed by atoms with Gasteiger partial charge in [0.05, 0.1) is 11.4 Å². The Kier molecular flexibility index (Phi) is 4.42. The van der Waals surface area contributed by atoms with E-state index < -0.39 is 0 Å². The summed E-state index contributed by atoms with van der Waals surface area (Å²) in [6.45, 7) is 2.71. The molecule has 1 saturated heterocycles. The van der Waals surface area contributed by atoms with E-state index in [1.165, 1.54) is 24.1 Å². The molecule has 27 heavy (non-hydrogen) atoms. The first kappa shape index (κ1) is 16.9. The van der Waals surface area contributed by atoms with Crippen molar-refractivity contribution < 1.29 is 0 Å². The largest absolute Gasteiger partial charge is 0.355 e. The molecule has 1 aliphatic heterocycles. The van der Waals surface area contributed by atoms with Gasteiger partial charge in [0.1, 0.15) is 0 Å². The normalized spacial score (nSPS) is 19.8. The molecule has 2 aromatic heterocycles. The molecular formula is C21H27N5O. The van der Waals surface area contributed by atoms with Gasteiger partial charge in [-0.2, -0.15) is 10.2 Å². The van der Waals surface area contributed by atoms with Crippen molar-refractivity contribution in [3.8, 4) is 0 Å². The molecule has 0 spiro atoms. The van der Waals surface area contributed by atoms with Crippen molar-refractivity contribution in [3.05, 3.63) is 45.0 Å². The number of hydrogen-bond donors (Lipinski definition) is 0. The van der Waals surface area contributed by atoms with Gasteiger partial charge in [-0.1, -0.05) is 0 Å². The van der Waals surface area contributed by atoms with Gasteiger partial charge in [0.2, 0.25) is 0 Å². The van der Waals surface area contributed by atoms with Crippen molar-refractivity contribution >= 4 is 5.82 Å². The zero-order valence-electron chi connectivity index (χ0n) is 15.9. The molecule has 0 saturated carbocycles. The molecule has 3 aliphatic rings. The standard InChI is InChI=1S/C21H27N5O/c27-21-13-17-5-3-7-19(17)24-26(21)14-15-8-10-25(11-9-15)20-12-16-4-1-2-6-18(16)22-23-20/h12-13,15H,1-11,14H2. The minimum Gasteiger partial charge on any atom is -0.355 e. The molecule has 0 aromatic carbocycles. The maximum absolute atomic E-state index is 12.3. The maximum atomic E-state index is 12.3. The van der Waals surface area contributed by atoms with Crippen LogP contribution >= 0.6 is 0 Å². The van der Waals surface area contributed by atoms with Gasteiger partial charge in [-0.15, -0.1) is 5.10 Å². The summed E-state index contributed by atoms with van der Waals surface area (Å²) in [5.74, 6) is 1.54. The molecule has 5 rings (SSSR count). The Balaban J connectivity index is 1.24. The van der Waals surface area contributed by atoms with Crippen molar-refractivity contribution in [3.63, 3.8) is 0 Å². The Morgan fingerprint density at radius 3 is 2.52 bits per heavy atom. The molecule has 6 nitrogen and oxygen atoms in total. The van der Waals surface area contributed by atoms with E-state index >= 15 is 0 Å². The predicted octanol–water partition coefficient (Wildman–Crippen LogP) is 2.32. The number of nitrogens with zero attached hydrogens (tertiary/aromatic N) is 5. The van der Waals surface area contributed by atoms with Gasteiger partial charge < -0.3 is 4.90 Å². The first-order chi connectivity index (χ1) is 13.3. The molecule has 2 aromatic rings. The van der Waals surface area contributed by atoms with Crippen LogP contribution in [0.5, 0.6) is 0 Å². The van der Waals surface area contributed by atoms with E-state index in [2.05, 4.69) is 26.3 Å². The molecule has 0 N–H and O–H groups in total. The van der Waals surface area contributed by atoms with Crippen LogP contribution in [-0.2, 0) is 32.2 Å². The van der Waals surface area contributed by atoms with Crippen molar-refractivity contribution in [1.29, 1.82) is 0 Å². The number of fused-ring (bicyclic) bond motifs is 2. The highest BCUT2D eigenvalue weighted by Crippen LogP contribution is 2.26. The Hall–Kier alpha value is -2.24. The summed E-state index contributed by atoms with van der Waals surface area (Å²) < 4.78 is 1.71. The quantitative estimate of drug-likeness (QED) is 0.835. The minimum absolute atomic E-state index is 0.0682. The Bertz CT molecular complexity index is 898. The molecule has 0 atom stereocenters. The molecular weight excluding hydrogens is 338 g/mol. The number of rotatable bonds is 3. The van der Waals surface area contributed by atoms with Crippen LogP contribution < -0.4 is 10.5 Å². The molecule has 1 fully saturated rings. The summed E-state index contributed by atoms with van der Waals surface area (Å²) in [7, 11) is 0. The Morgan fingerprint density at radius 1 is 0.889 bits per heavy atom. The van der Waals surface area contributed by atoms with E-state index in [9.17, 15) is 4.79 Å². The van der Waals surface area contributed by atoms with Crippen molar-refractivity contribution in [2.75, 3.05) is 18.0 Å². The van der Waals surface area contributed by atoms with E-state index in [0.717, 1.165) is 81.7 Å². The molecule has 0 bridgehead atoms. The van der Waals surface area contributed by atoms with Gasteiger partial charge in [0.15, 0.2) is 5.82 Å². The van der Waals surface area contributed by atoms with Crippen LogP contribution in [0.25, 0.3) is 0 Å². The van der Waals surface area contributed by atoms with Crippen LogP contribution in [0.2, 0.25) is 0 Å². The fraction of sp³-hybridized carbons (Fsp3) is 0.619. The SMILES string of the molecule is O=c1cc2c(nn1CC1CCN(c3cc4c(nn3)CCCC4)CC1)CCC2. The number of aryl methyl sites for hydroxylation is 4. The smallest absolute Gasteiger partial charge is 0.267 e. The van der Waals surface area contributed by atoms with E-state index in [1.54, 1.807) is 4.68 Å². The van der Waals surface area contributed by atoms with Crippen molar-refractivity contribution in [2.45, 2.75) is 64.3 Å². The molecule has 0 unspecified atom stereocenters. The van der Waals surface area contributed by atoms with Gasteiger partial charge in [-0.05, 0) is 80.9 Å². The monoisotopic (exact) mass is 365 g/mol. The number of anilines is 1. The lowest BCUT2D eigenvalue weighted by atomic mass is 9.95. The van der Waals surface area contributed by atoms with Gasteiger partial charge in [0, 0.05) is 25.7 Å². The van der Waals surface area contributed by atoms with Crippen LogP contribution in [0.15, 0.2) is 16.9 Å². The van der Waals surface area contributed by atoms with Crippen molar-refractivity contribution in [2.24, 2.45) is 5.92 Å². The molecule has 3 heterocycles. The average molecular weight is 365 g/mol. The Morgan fingerprint density at radius 2 is 1.63 bits per heavy atom. The lowest BCUT2D eigenvalue weighted by Crippen LogP contribution is -2.37. The van der Waals surface area contributed by atoms with Crippen molar-refractivity contribution in [1.82, 2.24) is 20.0 Å². The highest BCUT2D eigenvalue weighted by atomic mass is 16.1. The van der Waals surface area contributed by atoms with Gasteiger partial charge in [0.25, 0.3) is 5.56 Å². The number of piperidine rings is 1. The van der Waals surface area contributed by atoms with E-state index in [1.807, 2.05) is 6.07 Å². The second kappa shape index (κ2) is 7.06. The van der Waals surface area contributed by atoms with E-state index in [4.69, 9.17) is 0 Å². The molecule has 2 aliphatic carbocycles. The highest BCUT2D eigenvalue weighted by molar-refractivity contribution is 5.42. The topological polar surface area (TPSA) is 63.9 Å². The van der Waals surface area contributed by atoms with E-state index in [0.29, 0.717) is 5.92 Å². The van der Waals surface area contributed by atoms with Gasteiger partial charge >= 0.3 is 0 Å². The fourth-order valence-corrected chi connectivity index (χ4v) is 4.79. The second-order valence-corrected chi connectivity index (χ2v) is 8.30. The first-order valence-corrected chi connectivity index (χ1v) is 10.5. The van der Waals surface area contributed by atoms with Crippen LogP contribution in [0, 0.1) is 5.92 Å². The highest BCUT2D eigenvalue weighted by Gasteiger charge is 2.23. The molecule has 0 amide bonds. The van der Waals surface area contributed by atoms with Crippen LogP contribution in [0.1, 0.15) is 54.6 Å². The van der Waals surface area contributed by atoms with Crippen LogP contribution in [0.3, 0.4) is 0 Å². The third kappa shape index (κ3) is 3.37. The lowest BCUT2D eigenvalue weighted by Gasteiger charge is -2.33. The zero-order valence-corrected chi connectivity index (χ0v) is 15.9. The van der Waals surface area contributed by atoms with Crippen LogP contribution in [0.4, 0.5) is 5.82 Å². The first-order valence-electron chi connectivity index (χ1n) is 10.5. The Labute approximate surface area is 159 Å². The summed E-state index contributed by atoms with van der Waals surface area (Å²) in [6, 6.07) is 4.07. The van der Waals surface area contributed by atoms with E-state index in [-0.39, 0.29) is 5.56 Å². The molecule has 142 valence electrons. The fourth-order valence-electron chi connectivity index (χ4n) is 4.79. The van der Waals surface area contributed by atoms with Crippen LogP contribution in [-0.4, -0.2) is 33.1 Å². The minimum atomic E-state index is 0.0682. The third-order valence-corrected chi connectivity index (χ3v) is 6.45. The van der Waals surface area contributed by atoms with Gasteiger partial charge in [-0.25, -0.2) is 4.68 Å². The summed E-state index contributed by atoms with van der Waals surface area (Å²) >= 11 is 0. The predicted molar refractivity (Wildman–Crippen MR) is 104 cm³/mol. The second-order valence-electron chi connectivity index (χ2n) is 8.30. The molecule has 6 heteroatoms. The average Bonchev–Trinajstić information content (AvgIpc) is 3.15. The third-order valence-electron chi connectivity index (χ3n) is 6.45. The van der Waals surface area contributed by atoms with Gasteiger partial charge in [-0.3, -0.25) is 4.79 Å². The summed E-state index contributed by atoms with van der Waals surface area (Å²) in [5, 5.41) is 13.6. The molecule has 0 radical (unpaired) electrons. The summed E-state index contributed by atoms with van der Waals surface area (Å²) in [4.78, 5) is 14.7. The number of aromatic nitrogens is 4. The maximum Gasteiger partial charge on any atom is 0.267 e. The summed E-state index contributed by atoms with van der Waals surface area (Å²) in [5.41, 5.74) is 4.95. The number of hydrogen-bond acceptors (Lipinski definition) is 5. The lowest BCUT2D eigenvalue weighted by molar-refractivity contribution is 0.332. The summed E-state index contributed by atoms with van der Waals surface area (Å²) in [6.07, 6.45) is 10.0. The zero-order chi connectivity index (χ0) is 18.2.